The maximum absolute atomic E-state index is 12.3. The Morgan fingerprint density at radius 2 is 1.92 bits per heavy atom. The Bertz CT molecular complexity index is 848. The highest BCUT2D eigenvalue weighted by Crippen LogP contribution is 2.47. The van der Waals surface area contributed by atoms with E-state index in [0.717, 1.165) is 16.8 Å². The second-order valence-corrected chi connectivity index (χ2v) is 6.20. The molecule has 26 heavy (non-hydrogen) atoms. The van der Waals surface area contributed by atoms with E-state index in [1.807, 2.05) is 37.3 Å². The van der Waals surface area contributed by atoms with Crippen LogP contribution in [0.15, 0.2) is 30.3 Å². The molecule has 0 saturated carbocycles. The van der Waals surface area contributed by atoms with Crippen LogP contribution < -0.4 is 24.3 Å². The average molecular weight is 355 g/mol. The molecule has 1 N–H and O–H groups in total. The standard InChI is InChI=1S/C20H21NO5/c1-3-24-20-12(5-4-6-16(20)23-2)13-10-19(22)21-15-11-18-17(9-14(13)15)25-7-8-26-18/h4-6,9,11,13H,3,7-8,10H2,1-2H3,(H,21,22)/t13-/m0/s1. The molecule has 4 rings (SSSR count). The molecule has 0 aliphatic carbocycles. The zero-order chi connectivity index (χ0) is 18.1. The first-order chi connectivity index (χ1) is 12.7. The minimum Gasteiger partial charge on any atom is -0.493 e. The molecular formula is C20H21NO5. The second kappa shape index (κ2) is 6.78. The van der Waals surface area contributed by atoms with E-state index in [-0.39, 0.29) is 11.8 Å². The number of benzene rings is 2. The molecule has 2 heterocycles. The third kappa shape index (κ3) is 2.81. The van der Waals surface area contributed by atoms with E-state index in [2.05, 4.69) is 5.32 Å². The van der Waals surface area contributed by atoms with Crippen LogP contribution in [-0.4, -0.2) is 32.8 Å². The van der Waals surface area contributed by atoms with Crippen molar-refractivity contribution in [1.82, 2.24) is 0 Å². The Morgan fingerprint density at radius 1 is 1.15 bits per heavy atom. The highest BCUT2D eigenvalue weighted by atomic mass is 16.6. The van der Waals surface area contributed by atoms with Crippen molar-refractivity contribution in [1.29, 1.82) is 0 Å². The van der Waals surface area contributed by atoms with Gasteiger partial charge in [-0.2, -0.15) is 0 Å². The Hall–Kier alpha value is -2.89. The number of carbonyl (C=O) groups is 1. The fraction of sp³-hybridized carbons (Fsp3) is 0.350. The van der Waals surface area contributed by atoms with Crippen molar-refractivity contribution in [3.8, 4) is 23.0 Å². The number of anilines is 1. The fourth-order valence-corrected chi connectivity index (χ4v) is 3.54. The van der Waals surface area contributed by atoms with Crippen molar-refractivity contribution in [2.45, 2.75) is 19.3 Å². The topological polar surface area (TPSA) is 66.0 Å². The molecular weight excluding hydrogens is 334 g/mol. The Morgan fingerprint density at radius 3 is 2.65 bits per heavy atom. The molecule has 2 aliphatic heterocycles. The number of nitrogens with one attached hydrogen (secondary N) is 1. The summed E-state index contributed by atoms with van der Waals surface area (Å²) >= 11 is 0. The van der Waals surface area contributed by atoms with E-state index in [4.69, 9.17) is 18.9 Å². The lowest BCUT2D eigenvalue weighted by Gasteiger charge is -2.30. The number of carbonyl (C=O) groups excluding carboxylic acids is 1. The van der Waals surface area contributed by atoms with Crippen LogP contribution in [0.3, 0.4) is 0 Å². The number of methoxy groups -OCH3 is 1. The minimum atomic E-state index is -0.147. The molecule has 136 valence electrons. The smallest absolute Gasteiger partial charge is 0.225 e. The van der Waals surface area contributed by atoms with Crippen molar-refractivity contribution >= 4 is 11.6 Å². The zero-order valence-corrected chi connectivity index (χ0v) is 14.8. The first kappa shape index (κ1) is 16.6. The quantitative estimate of drug-likeness (QED) is 0.911. The van der Waals surface area contributed by atoms with Gasteiger partial charge in [0.2, 0.25) is 5.91 Å². The number of fused-ring (bicyclic) bond motifs is 2. The van der Waals surface area contributed by atoms with Gasteiger partial charge in [0.1, 0.15) is 13.2 Å². The van der Waals surface area contributed by atoms with Crippen LogP contribution in [0.4, 0.5) is 5.69 Å². The van der Waals surface area contributed by atoms with Crippen LogP contribution in [-0.2, 0) is 4.79 Å². The monoisotopic (exact) mass is 355 g/mol. The SMILES string of the molecule is CCOc1c(OC)cccc1[C@@H]1CC(=O)Nc2cc3c(cc21)OCCO3. The molecule has 0 unspecified atom stereocenters. The number of amides is 1. The Labute approximate surface area is 152 Å². The maximum Gasteiger partial charge on any atom is 0.225 e. The van der Waals surface area contributed by atoms with Crippen molar-refractivity contribution in [3.63, 3.8) is 0 Å². The molecule has 2 aromatic carbocycles. The lowest BCUT2D eigenvalue weighted by Crippen LogP contribution is -2.25. The number of para-hydroxylation sites is 1. The van der Waals surface area contributed by atoms with Crippen molar-refractivity contribution in [3.05, 3.63) is 41.5 Å². The van der Waals surface area contributed by atoms with E-state index < -0.39 is 0 Å². The Kier molecular flexibility index (Phi) is 4.32. The van der Waals surface area contributed by atoms with Crippen LogP contribution >= 0.6 is 0 Å². The molecule has 6 heteroatoms. The van der Waals surface area contributed by atoms with Gasteiger partial charge in [0, 0.05) is 29.7 Å². The maximum atomic E-state index is 12.3. The van der Waals surface area contributed by atoms with Gasteiger partial charge in [-0.05, 0) is 24.6 Å². The van der Waals surface area contributed by atoms with E-state index in [1.165, 1.54) is 0 Å². The summed E-state index contributed by atoms with van der Waals surface area (Å²) in [4.78, 5) is 12.3. The molecule has 6 nitrogen and oxygen atoms in total. The van der Waals surface area contributed by atoms with Gasteiger partial charge in [0.15, 0.2) is 23.0 Å². The Balaban J connectivity index is 1.85. The summed E-state index contributed by atoms with van der Waals surface area (Å²) in [6.07, 6.45) is 0.333. The lowest BCUT2D eigenvalue weighted by molar-refractivity contribution is -0.116. The number of ether oxygens (including phenoxy) is 4. The summed E-state index contributed by atoms with van der Waals surface area (Å²) in [6, 6.07) is 9.57. The van der Waals surface area contributed by atoms with Crippen LogP contribution in [0.1, 0.15) is 30.4 Å². The third-order valence-electron chi connectivity index (χ3n) is 4.65. The van der Waals surface area contributed by atoms with Gasteiger partial charge >= 0.3 is 0 Å². The molecule has 0 aromatic heterocycles. The first-order valence-corrected chi connectivity index (χ1v) is 8.74. The normalized spacial score (nSPS) is 17.9. The minimum absolute atomic E-state index is 0.0375. The number of hydrogen-bond donors (Lipinski definition) is 1. The molecule has 0 spiro atoms. The molecule has 1 amide bonds. The summed E-state index contributed by atoms with van der Waals surface area (Å²) in [5.41, 5.74) is 2.67. The summed E-state index contributed by atoms with van der Waals surface area (Å²) in [7, 11) is 1.62. The van der Waals surface area contributed by atoms with Crippen LogP contribution in [0, 0.1) is 0 Å². The molecule has 2 aromatic rings. The fourth-order valence-electron chi connectivity index (χ4n) is 3.54. The lowest BCUT2D eigenvalue weighted by atomic mass is 9.84. The first-order valence-electron chi connectivity index (χ1n) is 8.74. The highest BCUT2D eigenvalue weighted by molar-refractivity contribution is 5.96. The summed E-state index contributed by atoms with van der Waals surface area (Å²) in [6.45, 7) is 3.47. The van der Waals surface area contributed by atoms with E-state index in [1.54, 1.807) is 7.11 Å². The predicted octanol–water partition coefficient (Wildman–Crippen LogP) is 3.34. The molecule has 2 aliphatic rings. The zero-order valence-electron chi connectivity index (χ0n) is 14.8. The van der Waals surface area contributed by atoms with E-state index in [0.29, 0.717) is 49.2 Å². The predicted molar refractivity (Wildman–Crippen MR) is 96.7 cm³/mol. The van der Waals surface area contributed by atoms with Gasteiger partial charge in [-0.3, -0.25) is 4.79 Å². The van der Waals surface area contributed by atoms with Gasteiger partial charge in [-0.25, -0.2) is 0 Å². The van der Waals surface area contributed by atoms with Crippen molar-refractivity contribution < 1.29 is 23.7 Å². The summed E-state index contributed by atoms with van der Waals surface area (Å²) in [5.74, 6) is 2.52. The van der Waals surface area contributed by atoms with Crippen molar-refractivity contribution in [2.24, 2.45) is 0 Å². The molecule has 0 bridgehead atoms. The van der Waals surface area contributed by atoms with Crippen LogP contribution in [0.2, 0.25) is 0 Å². The number of rotatable bonds is 4. The molecule has 0 saturated heterocycles. The van der Waals surface area contributed by atoms with Crippen molar-refractivity contribution in [2.75, 3.05) is 32.2 Å². The average Bonchev–Trinajstić information content (AvgIpc) is 2.66. The molecule has 1 atom stereocenters. The van der Waals surface area contributed by atoms with E-state index in [9.17, 15) is 4.79 Å². The largest absolute Gasteiger partial charge is 0.493 e. The van der Waals surface area contributed by atoms with Gasteiger partial charge in [-0.15, -0.1) is 0 Å². The van der Waals surface area contributed by atoms with Crippen LogP contribution in [0.25, 0.3) is 0 Å². The molecule has 0 fully saturated rings. The van der Waals surface area contributed by atoms with Crippen LogP contribution in [0.5, 0.6) is 23.0 Å². The third-order valence-corrected chi connectivity index (χ3v) is 4.65. The van der Waals surface area contributed by atoms with Gasteiger partial charge in [0.25, 0.3) is 0 Å². The summed E-state index contributed by atoms with van der Waals surface area (Å²) < 4.78 is 22.7. The van der Waals surface area contributed by atoms with Gasteiger partial charge < -0.3 is 24.3 Å². The number of hydrogen-bond acceptors (Lipinski definition) is 5. The van der Waals surface area contributed by atoms with Gasteiger partial charge in [-0.1, -0.05) is 12.1 Å². The van der Waals surface area contributed by atoms with E-state index >= 15 is 0 Å². The van der Waals surface area contributed by atoms with Gasteiger partial charge in [0.05, 0.1) is 13.7 Å². The summed E-state index contributed by atoms with van der Waals surface area (Å²) in [5, 5.41) is 2.94. The second-order valence-electron chi connectivity index (χ2n) is 6.20. The highest BCUT2D eigenvalue weighted by Gasteiger charge is 2.32. The molecule has 0 radical (unpaired) electrons.